The maximum atomic E-state index is 12.4. The van der Waals surface area contributed by atoms with Crippen molar-refractivity contribution in [3.63, 3.8) is 0 Å². The van der Waals surface area contributed by atoms with Crippen molar-refractivity contribution >= 4 is 23.1 Å². The number of hydrogen-bond donors (Lipinski definition) is 2. The Morgan fingerprint density at radius 2 is 2.17 bits per heavy atom. The lowest BCUT2D eigenvalue weighted by molar-refractivity contribution is 0.0910. The third kappa shape index (κ3) is 3.91. The SMILES string of the molecule is CC1CCN([C@H](CNC(=O)c2nccnc2N)c2cccs2)CC1. The van der Waals surface area contributed by atoms with Crippen LogP contribution < -0.4 is 11.1 Å². The third-order valence-corrected chi connectivity index (χ3v) is 5.50. The van der Waals surface area contributed by atoms with Crippen molar-refractivity contribution in [3.8, 4) is 0 Å². The molecule has 0 aromatic carbocycles. The number of piperidine rings is 1. The smallest absolute Gasteiger partial charge is 0.273 e. The molecule has 3 N–H and O–H groups in total. The number of amides is 1. The molecule has 1 aliphatic heterocycles. The molecule has 2 aromatic heterocycles. The van der Waals surface area contributed by atoms with Crippen LogP contribution in [-0.2, 0) is 0 Å². The Balaban J connectivity index is 1.68. The number of hydrogen-bond acceptors (Lipinski definition) is 6. The normalized spacial score (nSPS) is 17.5. The summed E-state index contributed by atoms with van der Waals surface area (Å²) < 4.78 is 0. The lowest BCUT2D eigenvalue weighted by atomic mass is 9.97. The maximum absolute atomic E-state index is 12.4. The molecule has 1 atom stereocenters. The van der Waals surface area contributed by atoms with E-state index in [0.29, 0.717) is 6.54 Å². The fraction of sp³-hybridized carbons (Fsp3) is 0.471. The van der Waals surface area contributed by atoms with Crippen molar-refractivity contribution in [2.24, 2.45) is 5.92 Å². The highest BCUT2D eigenvalue weighted by Crippen LogP contribution is 2.29. The molecule has 6 nitrogen and oxygen atoms in total. The second kappa shape index (κ2) is 7.72. The van der Waals surface area contributed by atoms with E-state index in [-0.39, 0.29) is 23.5 Å². The minimum atomic E-state index is -0.271. The minimum absolute atomic E-state index is 0.162. The van der Waals surface area contributed by atoms with Crippen LogP contribution in [0.4, 0.5) is 5.82 Å². The summed E-state index contributed by atoms with van der Waals surface area (Å²) in [5.41, 5.74) is 5.93. The van der Waals surface area contributed by atoms with Gasteiger partial charge in [0.2, 0.25) is 0 Å². The van der Waals surface area contributed by atoms with Gasteiger partial charge < -0.3 is 11.1 Å². The van der Waals surface area contributed by atoms with Crippen LogP contribution in [-0.4, -0.2) is 40.4 Å². The molecule has 1 saturated heterocycles. The van der Waals surface area contributed by atoms with Crippen molar-refractivity contribution < 1.29 is 4.79 Å². The fourth-order valence-corrected chi connectivity index (χ4v) is 3.89. The zero-order valence-corrected chi connectivity index (χ0v) is 14.6. The first-order valence-corrected chi connectivity index (χ1v) is 9.15. The monoisotopic (exact) mass is 345 g/mol. The number of carbonyl (C=O) groups excluding carboxylic acids is 1. The van der Waals surface area contributed by atoms with Crippen LogP contribution >= 0.6 is 11.3 Å². The van der Waals surface area contributed by atoms with Gasteiger partial charge >= 0.3 is 0 Å². The number of carbonyl (C=O) groups is 1. The second-order valence-electron chi connectivity index (χ2n) is 6.25. The first-order valence-electron chi connectivity index (χ1n) is 8.27. The van der Waals surface area contributed by atoms with E-state index >= 15 is 0 Å². The summed E-state index contributed by atoms with van der Waals surface area (Å²) >= 11 is 1.73. The summed E-state index contributed by atoms with van der Waals surface area (Å²) in [6, 6.07) is 4.39. The molecule has 0 aliphatic carbocycles. The van der Waals surface area contributed by atoms with Gasteiger partial charge in [-0.15, -0.1) is 11.3 Å². The predicted molar refractivity (Wildman–Crippen MR) is 95.8 cm³/mol. The van der Waals surface area contributed by atoms with E-state index in [4.69, 9.17) is 5.73 Å². The summed E-state index contributed by atoms with van der Waals surface area (Å²) in [5.74, 6) is 0.668. The Kier molecular flexibility index (Phi) is 5.42. The summed E-state index contributed by atoms with van der Waals surface area (Å²) in [4.78, 5) is 24.1. The molecule has 0 spiro atoms. The Morgan fingerprint density at radius 3 is 2.83 bits per heavy atom. The summed E-state index contributed by atoms with van der Waals surface area (Å²) in [6.45, 7) is 4.97. The molecule has 0 bridgehead atoms. The number of rotatable bonds is 5. The zero-order valence-electron chi connectivity index (χ0n) is 13.8. The maximum Gasteiger partial charge on any atom is 0.273 e. The molecular weight excluding hydrogens is 322 g/mol. The van der Waals surface area contributed by atoms with Crippen molar-refractivity contribution in [3.05, 3.63) is 40.5 Å². The van der Waals surface area contributed by atoms with Gasteiger partial charge in [0.15, 0.2) is 11.5 Å². The third-order valence-electron chi connectivity index (χ3n) is 4.53. The van der Waals surface area contributed by atoms with Crippen molar-refractivity contribution in [1.82, 2.24) is 20.2 Å². The lowest BCUT2D eigenvalue weighted by Gasteiger charge is -2.36. The molecule has 128 valence electrons. The molecule has 2 aromatic rings. The standard InChI is InChI=1S/C17H23N5OS/c1-12-4-8-22(9-5-12)13(14-3-2-10-24-14)11-21-17(23)15-16(18)20-7-6-19-15/h2-3,6-7,10,12-13H,4-5,8-9,11H2,1H3,(H2,18,20)(H,21,23)/t13-/m1/s1. The molecule has 1 amide bonds. The number of anilines is 1. The summed E-state index contributed by atoms with van der Waals surface area (Å²) in [5, 5.41) is 5.06. The molecule has 3 heterocycles. The van der Waals surface area contributed by atoms with Gasteiger partial charge in [0.25, 0.3) is 5.91 Å². The number of nitrogens with zero attached hydrogens (tertiary/aromatic N) is 3. The van der Waals surface area contributed by atoms with Gasteiger partial charge in [-0.3, -0.25) is 9.69 Å². The van der Waals surface area contributed by atoms with Crippen LogP contribution in [0.5, 0.6) is 0 Å². The first-order chi connectivity index (χ1) is 11.6. The molecule has 7 heteroatoms. The van der Waals surface area contributed by atoms with E-state index in [0.717, 1.165) is 19.0 Å². The first kappa shape index (κ1) is 16.9. The molecule has 0 radical (unpaired) electrons. The zero-order chi connectivity index (χ0) is 16.9. The molecule has 1 fully saturated rings. The molecule has 0 saturated carbocycles. The van der Waals surface area contributed by atoms with E-state index < -0.39 is 0 Å². The molecule has 24 heavy (non-hydrogen) atoms. The Hall–Kier alpha value is -1.99. The van der Waals surface area contributed by atoms with Crippen molar-refractivity contribution in [2.75, 3.05) is 25.4 Å². The average molecular weight is 345 g/mol. The minimum Gasteiger partial charge on any atom is -0.382 e. The number of aromatic nitrogens is 2. The van der Waals surface area contributed by atoms with Crippen molar-refractivity contribution in [1.29, 1.82) is 0 Å². The quantitative estimate of drug-likeness (QED) is 0.869. The fourth-order valence-electron chi connectivity index (χ4n) is 3.03. The van der Waals surface area contributed by atoms with Crippen LogP contribution in [0.3, 0.4) is 0 Å². The van der Waals surface area contributed by atoms with E-state index in [2.05, 4.69) is 44.6 Å². The largest absolute Gasteiger partial charge is 0.382 e. The number of nitrogens with two attached hydrogens (primary N) is 1. The van der Waals surface area contributed by atoms with Gasteiger partial charge in [-0.2, -0.15) is 0 Å². The van der Waals surface area contributed by atoms with E-state index in [1.807, 2.05) is 0 Å². The molecule has 0 unspecified atom stereocenters. The number of thiophene rings is 1. The van der Waals surface area contributed by atoms with Gasteiger partial charge in [-0.1, -0.05) is 13.0 Å². The van der Waals surface area contributed by atoms with Gasteiger partial charge in [0, 0.05) is 23.8 Å². The van der Waals surface area contributed by atoms with Gasteiger partial charge in [-0.05, 0) is 43.3 Å². The average Bonchev–Trinajstić information content (AvgIpc) is 3.11. The molecule has 1 aliphatic rings. The summed E-state index contributed by atoms with van der Waals surface area (Å²) in [7, 11) is 0. The highest BCUT2D eigenvalue weighted by molar-refractivity contribution is 7.10. The predicted octanol–water partition coefficient (Wildman–Crippen LogP) is 2.32. The van der Waals surface area contributed by atoms with Gasteiger partial charge in [-0.25, -0.2) is 9.97 Å². The van der Waals surface area contributed by atoms with Gasteiger partial charge in [0.05, 0.1) is 6.04 Å². The van der Waals surface area contributed by atoms with Crippen LogP contribution in [0.15, 0.2) is 29.9 Å². The second-order valence-corrected chi connectivity index (χ2v) is 7.23. The van der Waals surface area contributed by atoms with Gasteiger partial charge in [0.1, 0.15) is 0 Å². The highest BCUT2D eigenvalue weighted by Gasteiger charge is 2.26. The van der Waals surface area contributed by atoms with Crippen LogP contribution in [0.25, 0.3) is 0 Å². The van der Waals surface area contributed by atoms with E-state index in [1.165, 1.54) is 30.1 Å². The summed E-state index contributed by atoms with van der Waals surface area (Å²) in [6.07, 6.45) is 5.36. The molecule has 3 rings (SSSR count). The van der Waals surface area contributed by atoms with Crippen molar-refractivity contribution in [2.45, 2.75) is 25.8 Å². The van der Waals surface area contributed by atoms with Crippen LogP contribution in [0, 0.1) is 5.92 Å². The Morgan fingerprint density at radius 1 is 1.42 bits per heavy atom. The lowest BCUT2D eigenvalue weighted by Crippen LogP contribution is -2.41. The number of nitrogen functional groups attached to an aromatic ring is 1. The molecular formula is C17H23N5OS. The van der Waals surface area contributed by atoms with Crippen LogP contribution in [0.1, 0.15) is 41.2 Å². The highest BCUT2D eigenvalue weighted by atomic mass is 32.1. The topological polar surface area (TPSA) is 84.1 Å². The Labute approximate surface area is 146 Å². The van der Waals surface area contributed by atoms with E-state index in [1.54, 1.807) is 11.3 Å². The van der Waals surface area contributed by atoms with Crippen LogP contribution in [0.2, 0.25) is 0 Å². The Bertz CT molecular complexity index is 667. The number of likely N-dealkylation sites (tertiary alicyclic amines) is 1. The van der Waals surface area contributed by atoms with E-state index in [9.17, 15) is 4.79 Å². The number of nitrogens with one attached hydrogen (secondary N) is 1.